The number of hydrogen-bond donors (Lipinski definition) is 3. The van der Waals surface area contributed by atoms with Gasteiger partial charge in [0, 0.05) is 30.4 Å². The molecule has 3 aromatic rings. The van der Waals surface area contributed by atoms with E-state index >= 15 is 0 Å². The molecule has 1 saturated heterocycles. The molecule has 29 heavy (non-hydrogen) atoms. The topological polar surface area (TPSA) is 107 Å². The maximum atomic E-state index is 12.3. The normalized spacial score (nSPS) is 17.1. The molecule has 1 aliphatic rings. The number of anilines is 1. The minimum atomic E-state index is -1.34. The van der Waals surface area contributed by atoms with Crippen LogP contribution in [-0.2, 0) is 11.3 Å². The number of aromatic nitrogens is 4. The lowest BCUT2D eigenvalue weighted by Gasteiger charge is -2.24. The highest BCUT2D eigenvalue weighted by Gasteiger charge is 2.35. The Hall–Kier alpha value is -3.00. The first-order valence-corrected chi connectivity index (χ1v) is 9.84. The van der Waals surface area contributed by atoms with Crippen molar-refractivity contribution in [2.45, 2.75) is 45.3 Å². The van der Waals surface area contributed by atoms with E-state index in [2.05, 4.69) is 20.5 Å². The van der Waals surface area contributed by atoms with Crippen molar-refractivity contribution in [2.24, 2.45) is 0 Å². The molecule has 0 aliphatic carbocycles. The number of nitrogens with one attached hydrogen (secondary N) is 2. The van der Waals surface area contributed by atoms with E-state index in [-0.39, 0.29) is 11.8 Å². The molecule has 8 nitrogen and oxygen atoms in total. The second-order valence-corrected chi connectivity index (χ2v) is 8.12. The molecule has 0 spiro atoms. The van der Waals surface area contributed by atoms with Crippen molar-refractivity contribution in [1.82, 2.24) is 25.1 Å². The molecule has 1 atom stereocenters. The monoisotopic (exact) mass is 394 g/mol. The molecule has 3 N–H and O–H groups in total. The number of fused-ring (bicyclic) bond motifs is 1. The summed E-state index contributed by atoms with van der Waals surface area (Å²) in [5, 5.41) is 21.5. The van der Waals surface area contributed by atoms with Crippen LogP contribution in [0, 0.1) is 6.92 Å². The van der Waals surface area contributed by atoms with Gasteiger partial charge in [0.15, 0.2) is 11.5 Å². The van der Waals surface area contributed by atoms with Crippen molar-refractivity contribution in [3.05, 3.63) is 47.4 Å². The van der Waals surface area contributed by atoms with Crippen LogP contribution in [0.1, 0.15) is 43.3 Å². The first-order valence-electron chi connectivity index (χ1n) is 9.84. The highest BCUT2D eigenvalue weighted by Crippen LogP contribution is 2.29. The van der Waals surface area contributed by atoms with E-state index in [1.54, 1.807) is 4.90 Å². The summed E-state index contributed by atoms with van der Waals surface area (Å²) in [6.45, 7) is 6.81. The van der Waals surface area contributed by atoms with Crippen LogP contribution in [0.15, 0.2) is 30.3 Å². The van der Waals surface area contributed by atoms with E-state index in [0.717, 1.165) is 40.4 Å². The molecule has 0 aromatic carbocycles. The Bertz CT molecular complexity index is 1040. The van der Waals surface area contributed by atoms with Crippen LogP contribution in [0.5, 0.6) is 0 Å². The fraction of sp³-hybridized carbons (Fsp3) is 0.429. The maximum absolute atomic E-state index is 12.3. The summed E-state index contributed by atoms with van der Waals surface area (Å²) in [4.78, 5) is 23.2. The van der Waals surface area contributed by atoms with Crippen LogP contribution in [0.3, 0.4) is 0 Å². The SMILES string of the molecule is Cc1cccc(CNc2n[nH]c3nc([C@H]4CCN(C(=O)C(C)(C)O)C4)ccc23)n1. The van der Waals surface area contributed by atoms with Gasteiger partial charge >= 0.3 is 0 Å². The van der Waals surface area contributed by atoms with Crippen LogP contribution in [-0.4, -0.2) is 54.8 Å². The molecule has 3 aromatic heterocycles. The smallest absolute Gasteiger partial charge is 0.253 e. The second kappa shape index (κ2) is 7.44. The molecule has 1 amide bonds. The van der Waals surface area contributed by atoms with Gasteiger partial charge in [-0.15, -0.1) is 0 Å². The number of aliphatic hydroxyl groups is 1. The molecule has 8 heteroatoms. The van der Waals surface area contributed by atoms with Gasteiger partial charge in [0.1, 0.15) is 5.60 Å². The summed E-state index contributed by atoms with van der Waals surface area (Å²) < 4.78 is 0. The van der Waals surface area contributed by atoms with Gasteiger partial charge in [0.2, 0.25) is 0 Å². The van der Waals surface area contributed by atoms with Crippen LogP contribution >= 0.6 is 0 Å². The lowest BCUT2D eigenvalue weighted by atomic mass is 10.0. The molecule has 152 valence electrons. The van der Waals surface area contributed by atoms with Crippen molar-refractivity contribution >= 4 is 22.8 Å². The fourth-order valence-electron chi connectivity index (χ4n) is 3.73. The zero-order chi connectivity index (χ0) is 20.6. The number of aryl methyl sites for hydroxylation is 1. The van der Waals surface area contributed by atoms with Gasteiger partial charge in [0.05, 0.1) is 17.6 Å². The lowest BCUT2D eigenvalue weighted by molar-refractivity contribution is -0.146. The number of pyridine rings is 2. The van der Waals surface area contributed by atoms with Gasteiger partial charge in [-0.05, 0) is 51.5 Å². The van der Waals surface area contributed by atoms with Crippen molar-refractivity contribution in [3.63, 3.8) is 0 Å². The third-order valence-electron chi connectivity index (χ3n) is 5.25. The number of carbonyl (C=O) groups excluding carboxylic acids is 1. The molecular formula is C21H26N6O2. The van der Waals surface area contributed by atoms with E-state index in [9.17, 15) is 9.90 Å². The number of nitrogens with zero attached hydrogens (tertiary/aromatic N) is 4. The Labute approximate surface area is 169 Å². The van der Waals surface area contributed by atoms with Gasteiger partial charge in [-0.1, -0.05) is 6.07 Å². The van der Waals surface area contributed by atoms with Crippen LogP contribution in [0.25, 0.3) is 11.0 Å². The Morgan fingerprint density at radius 3 is 2.90 bits per heavy atom. The number of H-pyrrole nitrogens is 1. The molecule has 1 fully saturated rings. The molecule has 4 rings (SSSR count). The second-order valence-electron chi connectivity index (χ2n) is 8.12. The fourth-order valence-corrected chi connectivity index (χ4v) is 3.73. The summed E-state index contributed by atoms with van der Waals surface area (Å²) >= 11 is 0. The standard InChI is InChI=1S/C21H26N6O2/c1-13-5-4-6-15(23-13)11-22-18-16-7-8-17(24-19(16)26-25-18)14-9-10-27(12-14)20(28)21(2,3)29/h4-8,14,29H,9-12H2,1-3H3,(H2,22,24,25,26)/t14-/m0/s1. The predicted molar refractivity (Wildman–Crippen MR) is 110 cm³/mol. The largest absolute Gasteiger partial charge is 0.381 e. The van der Waals surface area contributed by atoms with Gasteiger partial charge in [0.25, 0.3) is 5.91 Å². The molecule has 0 saturated carbocycles. The van der Waals surface area contributed by atoms with E-state index in [0.29, 0.717) is 19.6 Å². The molecule has 0 unspecified atom stereocenters. The van der Waals surface area contributed by atoms with Crippen LogP contribution in [0.4, 0.5) is 5.82 Å². The summed E-state index contributed by atoms with van der Waals surface area (Å²) in [7, 11) is 0. The predicted octanol–water partition coefficient (Wildman–Crippen LogP) is 2.36. The first kappa shape index (κ1) is 19.3. The number of amides is 1. The van der Waals surface area contributed by atoms with Gasteiger partial charge < -0.3 is 15.3 Å². The summed E-state index contributed by atoms with van der Waals surface area (Å²) in [5.41, 5.74) is 2.24. The Morgan fingerprint density at radius 1 is 1.31 bits per heavy atom. The van der Waals surface area contributed by atoms with Crippen molar-refractivity contribution < 1.29 is 9.90 Å². The summed E-state index contributed by atoms with van der Waals surface area (Å²) in [5.74, 6) is 0.661. The van der Waals surface area contributed by atoms with Gasteiger partial charge in [-0.2, -0.15) is 5.10 Å². The van der Waals surface area contributed by atoms with Crippen molar-refractivity contribution in [1.29, 1.82) is 0 Å². The number of aromatic amines is 1. The van der Waals surface area contributed by atoms with Gasteiger partial charge in [-0.3, -0.25) is 14.9 Å². The zero-order valence-corrected chi connectivity index (χ0v) is 16.9. The molecular weight excluding hydrogens is 368 g/mol. The van der Waals surface area contributed by atoms with Crippen LogP contribution < -0.4 is 5.32 Å². The third-order valence-corrected chi connectivity index (χ3v) is 5.25. The van der Waals surface area contributed by atoms with Crippen molar-refractivity contribution in [3.8, 4) is 0 Å². The number of likely N-dealkylation sites (tertiary alicyclic amines) is 1. The first-order chi connectivity index (χ1) is 13.8. The summed E-state index contributed by atoms with van der Waals surface area (Å²) in [6.07, 6.45) is 0.832. The average Bonchev–Trinajstić information content (AvgIpc) is 3.32. The Morgan fingerprint density at radius 2 is 2.14 bits per heavy atom. The van der Waals surface area contributed by atoms with Gasteiger partial charge in [-0.25, -0.2) is 4.98 Å². The molecule has 1 aliphatic heterocycles. The third kappa shape index (κ3) is 4.07. The average molecular weight is 394 g/mol. The van der Waals surface area contributed by atoms with Crippen LogP contribution in [0.2, 0.25) is 0 Å². The Balaban J connectivity index is 1.46. The van der Waals surface area contributed by atoms with E-state index < -0.39 is 5.60 Å². The zero-order valence-electron chi connectivity index (χ0n) is 16.9. The minimum Gasteiger partial charge on any atom is -0.381 e. The number of hydrogen-bond acceptors (Lipinski definition) is 6. The minimum absolute atomic E-state index is 0.155. The maximum Gasteiger partial charge on any atom is 0.253 e. The molecule has 0 radical (unpaired) electrons. The number of carbonyl (C=O) groups is 1. The van der Waals surface area contributed by atoms with Crippen molar-refractivity contribution in [2.75, 3.05) is 18.4 Å². The number of rotatable bonds is 5. The highest BCUT2D eigenvalue weighted by molar-refractivity contribution is 5.87. The highest BCUT2D eigenvalue weighted by atomic mass is 16.3. The van der Waals surface area contributed by atoms with E-state index in [1.807, 2.05) is 37.3 Å². The molecule has 0 bridgehead atoms. The van der Waals surface area contributed by atoms with E-state index in [1.165, 1.54) is 13.8 Å². The quantitative estimate of drug-likeness (QED) is 0.613. The lowest BCUT2D eigenvalue weighted by Crippen LogP contribution is -2.43. The Kier molecular flexibility index (Phi) is 4.96. The molecule has 4 heterocycles. The summed E-state index contributed by atoms with van der Waals surface area (Å²) in [6, 6.07) is 9.94. The van der Waals surface area contributed by atoms with E-state index in [4.69, 9.17) is 4.98 Å².